The Bertz CT molecular complexity index is 970. The number of hydrogen-bond donors (Lipinski definition) is 2. The van der Waals surface area contributed by atoms with Crippen molar-refractivity contribution in [1.29, 1.82) is 0 Å². The fraction of sp³-hybridized carbons (Fsp3) is 0.571. The van der Waals surface area contributed by atoms with E-state index < -0.39 is 5.69 Å². The second kappa shape index (κ2) is 9.37. The fourth-order valence-corrected chi connectivity index (χ4v) is 3.78. The Morgan fingerprint density at radius 2 is 1.83 bits per heavy atom. The summed E-state index contributed by atoms with van der Waals surface area (Å²) in [6.45, 7) is 12.8. The maximum Gasteiger partial charge on any atom is 0.329 e. The van der Waals surface area contributed by atoms with E-state index in [4.69, 9.17) is 0 Å². The van der Waals surface area contributed by atoms with Crippen LogP contribution in [-0.4, -0.2) is 71.1 Å². The van der Waals surface area contributed by atoms with Crippen LogP contribution < -0.4 is 16.6 Å². The number of rotatable bonds is 7. The quantitative estimate of drug-likeness (QED) is 0.677. The highest BCUT2D eigenvalue weighted by molar-refractivity contribution is 5.97. The molecule has 1 aromatic carbocycles. The predicted octanol–water partition coefficient (Wildman–Crippen LogP) is 1.03. The van der Waals surface area contributed by atoms with Crippen LogP contribution in [0.1, 0.15) is 43.6 Å². The molecule has 29 heavy (non-hydrogen) atoms. The summed E-state index contributed by atoms with van der Waals surface area (Å²) in [5, 5.41) is 3.33. The van der Waals surface area contributed by atoms with Gasteiger partial charge in [-0.25, -0.2) is 4.79 Å². The van der Waals surface area contributed by atoms with E-state index in [2.05, 4.69) is 27.0 Å². The normalized spacial score (nSPS) is 15.9. The molecule has 8 heteroatoms. The van der Waals surface area contributed by atoms with Crippen LogP contribution in [0.15, 0.2) is 27.8 Å². The van der Waals surface area contributed by atoms with Crippen LogP contribution in [0.2, 0.25) is 0 Å². The SMILES string of the molecule is CCN1CCN(CCCNC(=O)c2ccc3c(=O)n(C(C)C)c(=O)[nH]c3c2)CC1. The minimum atomic E-state index is -0.460. The molecule has 0 unspecified atom stereocenters. The summed E-state index contributed by atoms with van der Waals surface area (Å²) in [4.78, 5) is 44.7. The minimum absolute atomic E-state index is 0.198. The largest absolute Gasteiger partial charge is 0.352 e. The Kier molecular flexibility index (Phi) is 6.87. The van der Waals surface area contributed by atoms with Gasteiger partial charge in [-0.1, -0.05) is 6.92 Å². The first-order valence-electron chi connectivity index (χ1n) is 10.4. The van der Waals surface area contributed by atoms with E-state index in [9.17, 15) is 14.4 Å². The van der Waals surface area contributed by atoms with Gasteiger partial charge in [0.25, 0.3) is 11.5 Å². The molecular formula is C21H31N5O3. The van der Waals surface area contributed by atoms with Gasteiger partial charge >= 0.3 is 5.69 Å². The lowest BCUT2D eigenvalue weighted by molar-refractivity contribution is 0.0948. The summed E-state index contributed by atoms with van der Waals surface area (Å²) < 4.78 is 1.18. The molecule has 1 aliphatic heterocycles. The van der Waals surface area contributed by atoms with E-state index in [1.165, 1.54) is 4.57 Å². The molecule has 1 amide bonds. The zero-order valence-electron chi connectivity index (χ0n) is 17.5. The number of aromatic amines is 1. The van der Waals surface area contributed by atoms with E-state index in [-0.39, 0.29) is 17.5 Å². The maximum absolute atomic E-state index is 12.5. The number of nitrogens with zero attached hydrogens (tertiary/aromatic N) is 3. The van der Waals surface area contributed by atoms with Crippen molar-refractivity contribution in [2.45, 2.75) is 33.2 Å². The average molecular weight is 402 g/mol. The van der Waals surface area contributed by atoms with Crippen LogP contribution in [0.25, 0.3) is 10.9 Å². The van der Waals surface area contributed by atoms with Crippen LogP contribution in [0.4, 0.5) is 0 Å². The highest BCUT2D eigenvalue weighted by atomic mass is 16.2. The molecule has 1 saturated heterocycles. The third kappa shape index (κ3) is 4.94. The number of H-pyrrole nitrogens is 1. The van der Waals surface area contributed by atoms with Gasteiger partial charge in [0.1, 0.15) is 0 Å². The van der Waals surface area contributed by atoms with E-state index in [1.807, 2.05) is 0 Å². The summed E-state index contributed by atoms with van der Waals surface area (Å²) in [6, 6.07) is 4.58. The zero-order chi connectivity index (χ0) is 21.0. The minimum Gasteiger partial charge on any atom is -0.352 e. The number of nitrogens with one attached hydrogen (secondary N) is 2. The van der Waals surface area contributed by atoms with Crippen LogP contribution in [0.5, 0.6) is 0 Å². The molecule has 0 bridgehead atoms. The number of amides is 1. The second-order valence-corrected chi connectivity index (χ2v) is 7.84. The Hall–Kier alpha value is -2.45. The Morgan fingerprint density at radius 3 is 2.48 bits per heavy atom. The van der Waals surface area contributed by atoms with Crippen LogP contribution in [0.3, 0.4) is 0 Å². The smallest absolute Gasteiger partial charge is 0.329 e. The van der Waals surface area contributed by atoms with Crippen molar-refractivity contribution in [3.8, 4) is 0 Å². The summed E-state index contributed by atoms with van der Waals surface area (Å²) in [6.07, 6.45) is 0.890. The number of likely N-dealkylation sites (N-methyl/N-ethyl adjacent to an activating group) is 1. The lowest BCUT2D eigenvalue weighted by atomic mass is 10.1. The maximum atomic E-state index is 12.5. The molecule has 3 rings (SSSR count). The van der Waals surface area contributed by atoms with Crippen molar-refractivity contribution in [3.63, 3.8) is 0 Å². The molecule has 0 atom stereocenters. The summed E-state index contributed by atoms with van der Waals surface area (Å²) in [5.41, 5.74) is 0.0249. The van der Waals surface area contributed by atoms with Crippen molar-refractivity contribution >= 4 is 16.8 Å². The number of carbonyl (C=O) groups is 1. The zero-order valence-corrected chi connectivity index (χ0v) is 17.5. The average Bonchev–Trinajstić information content (AvgIpc) is 2.70. The molecule has 158 valence electrons. The lowest BCUT2D eigenvalue weighted by Crippen LogP contribution is -2.46. The van der Waals surface area contributed by atoms with E-state index in [0.29, 0.717) is 23.0 Å². The van der Waals surface area contributed by atoms with Gasteiger partial charge in [-0.2, -0.15) is 0 Å². The molecule has 1 aromatic heterocycles. The molecule has 1 aliphatic rings. The Labute approximate surface area is 170 Å². The van der Waals surface area contributed by atoms with Gasteiger partial charge in [-0.3, -0.25) is 14.2 Å². The van der Waals surface area contributed by atoms with Gasteiger partial charge in [0, 0.05) is 44.3 Å². The van der Waals surface area contributed by atoms with E-state index >= 15 is 0 Å². The monoisotopic (exact) mass is 401 g/mol. The van der Waals surface area contributed by atoms with Crippen molar-refractivity contribution < 1.29 is 4.79 Å². The van der Waals surface area contributed by atoms with E-state index in [1.54, 1.807) is 32.0 Å². The van der Waals surface area contributed by atoms with Crippen molar-refractivity contribution in [2.75, 3.05) is 45.8 Å². The number of carbonyl (C=O) groups excluding carboxylic acids is 1. The van der Waals surface area contributed by atoms with E-state index in [0.717, 1.165) is 45.7 Å². The molecule has 0 aliphatic carbocycles. The van der Waals surface area contributed by atoms with Crippen molar-refractivity contribution in [2.24, 2.45) is 0 Å². The van der Waals surface area contributed by atoms with Gasteiger partial charge in [-0.15, -0.1) is 0 Å². The van der Waals surface area contributed by atoms with Crippen LogP contribution in [-0.2, 0) is 0 Å². The Balaban J connectivity index is 1.58. The molecule has 2 N–H and O–H groups in total. The lowest BCUT2D eigenvalue weighted by Gasteiger charge is -2.33. The van der Waals surface area contributed by atoms with Gasteiger partial charge in [0.2, 0.25) is 0 Å². The van der Waals surface area contributed by atoms with Crippen molar-refractivity contribution in [3.05, 3.63) is 44.6 Å². The van der Waals surface area contributed by atoms with Gasteiger partial charge in [-0.05, 0) is 51.6 Å². The fourth-order valence-electron chi connectivity index (χ4n) is 3.78. The molecule has 2 aromatic rings. The highest BCUT2D eigenvalue weighted by Gasteiger charge is 2.15. The summed E-state index contributed by atoms with van der Waals surface area (Å²) in [7, 11) is 0. The molecule has 0 radical (unpaired) electrons. The first-order valence-corrected chi connectivity index (χ1v) is 10.4. The summed E-state index contributed by atoms with van der Waals surface area (Å²) >= 11 is 0. The predicted molar refractivity (Wildman–Crippen MR) is 115 cm³/mol. The van der Waals surface area contributed by atoms with Gasteiger partial charge < -0.3 is 20.1 Å². The third-order valence-electron chi connectivity index (χ3n) is 5.56. The number of aromatic nitrogens is 2. The molecule has 1 fully saturated rings. The highest BCUT2D eigenvalue weighted by Crippen LogP contribution is 2.10. The first kappa shape index (κ1) is 21.3. The number of piperazine rings is 1. The Morgan fingerprint density at radius 1 is 1.14 bits per heavy atom. The first-order chi connectivity index (χ1) is 13.9. The number of hydrogen-bond acceptors (Lipinski definition) is 5. The van der Waals surface area contributed by atoms with Crippen LogP contribution >= 0.6 is 0 Å². The van der Waals surface area contributed by atoms with Gasteiger partial charge in [0.15, 0.2) is 0 Å². The number of fused-ring (bicyclic) bond motifs is 1. The molecule has 0 saturated carbocycles. The molecule has 2 heterocycles. The second-order valence-electron chi connectivity index (χ2n) is 7.84. The third-order valence-corrected chi connectivity index (χ3v) is 5.56. The standard InChI is InChI=1S/C21H31N5O3/c1-4-24-10-12-25(13-11-24)9-5-8-22-19(27)16-6-7-17-18(14-16)23-21(29)26(15(2)3)20(17)28/h6-7,14-15H,4-5,8-13H2,1-3H3,(H,22,27)(H,23,29). The molecule has 8 nitrogen and oxygen atoms in total. The molecule has 0 spiro atoms. The number of benzene rings is 1. The summed E-state index contributed by atoms with van der Waals surface area (Å²) in [5.74, 6) is -0.198. The molecular weight excluding hydrogens is 370 g/mol. The van der Waals surface area contributed by atoms with Gasteiger partial charge in [0.05, 0.1) is 10.9 Å². The van der Waals surface area contributed by atoms with Crippen LogP contribution in [0, 0.1) is 0 Å². The topological polar surface area (TPSA) is 90.4 Å². The van der Waals surface area contributed by atoms with Crippen molar-refractivity contribution in [1.82, 2.24) is 24.7 Å².